The van der Waals surface area contributed by atoms with Crippen molar-refractivity contribution in [3.05, 3.63) is 57.3 Å². The first kappa shape index (κ1) is 20.2. The maximum Gasteiger partial charge on any atom is 0.263 e. The van der Waals surface area contributed by atoms with Gasteiger partial charge in [0.15, 0.2) is 0 Å². The number of aromatic nitrogens is 2. The molecule has 0 radical (unpaired) electrons. The van der Waals surface area contributed by atoms with Gasteiger partial charge in [0.1, 0.15) is 5.56 Å². The highest BCUT2D eigenvalue weighted by Gasteiger charge is 2.35. The van der Waals surface area contributed by atoms with Crippen molar-refractivity contribution < 1.29 is 14.4 Å². The van der Waals surface area contributed by atoms with Crippen molar-refractivity contribution >= 4 is 23.4 Å². The molecule has 2 aromatic rings. The molecule has 1 atom stereocenters. The lowest BCUT2D eigenvalue weighted by molar-refractivity contribution is -0.128. The van der Waals surface area contributed by atoms with Gasteiger partial charge in [-0.2, -0.15) is 0 Å². The fourth-order valence-corrected chi connectivity index (χ4v) is 3.53. The highest BCUT2D eigenvalue weighted by Crippen LogP contribution is 2.25. The van der Waals surface area contributed by atoms with Gasteiger partial charge in [0.05, 0.1) is 23.8 Å². The molecular weight excluding hydrogens is 374 g/mol. The summed E-state index contributed by atoms with van der Waals surface area (Å²) in [7, 11) is 1.51. The van der Waals surface area contributed by atoms with Crippen molar-refractivity contribution in [3.63, 3.8) is 0 Å². The van der Waals surface area contributed by atoms with Crippen LogP contribution in [-0.2, 0) is 23.2 Å². The third kappa shape index (κ3) is 3.89. The van der Waals surface area contributed by atoms with Gasteiger partial charge in [-0.05, 0) is 31.5 Å². The standard InChI is InChI=1S/C20H23N5O4/c1-11-16(18(21)27)20(29)24(3)12(2)17(11)23-19(28)13-8-15(26)25(9-13)10-14-6-4-5-7-22-14/h4-7,13H,8-10H2,1-3H3,(H2,21,27)(H,23,28). The van der Waals surface area contributed by atoms with Crippen LogP contribution in [0.2, 0.25) is 0 Å². The Balaban J connectivity index is 1.80. The molecule has 0 aromatic carbocycles. The first-order valence-corrected chi connectivity index (χ1v) is 9.19. The zero-order chi connectivity index (χ0) is 21.3. The van der Waals surface area contributed by atoms with Crippen LogP contribution < -0.4 is 16.6 Å². The Morgan fingerprint density at radius 3 is 2.62 bits per heavy atom. The summed E-state index contributed by atoms with van der Waals surface area (Å²) in [6, 6.07) is 5.46. The molecule has 1 aliphatic rings. The lowest BCUT2D eigenvalue weighted by Crippen LogP contribution is -2.33. The predicted molar refractivity (Wildman–Crippen MR) is 106 cm³/mol. The minimum atomic E-state index is -0.851. The van der Waals surface area contributed by atoms with Crippen LogP contribution in [0.3, 0.4) is 0 Å². The number of amides is 3. The zero-order valence-corrected chi connectivity index (χ0v) is 16.6. The maximum absolute atomic E-state index is 12.8. The van der Waals surface area contributed by atoms with Crippen LogP contribution in [0, 0.1) is 19.8 Å². The Kier molecular flexibility index (Phi) is 5.49. The maximum atomic E-state index is 12.8. The normalized spacial score (nSPS) is 16.2. The van der Waals surface area contributed by atoms with E-state index in [0.717, 1.165) is 5.69 Å². The number of nitrogens with zero attached hydrogens (tertiary/aromatic N) is 3. The summed E-state index contributed by atoms with van der Waals surface area (Å²) < 4.78 is 1.27. The van der Waals surface area contributed by atoms with Crippen LogP contribution in [0.15, 0.2) is 29.2 Å². The summed E-state index contributed by atoms with van der Waals surface area (Å²) in [6.07, 6.45) is 1.74. The molecule has 0 bridgehead atoms. The van der Waals surface area contributed by atoms with Gasteiger partial charge in [-0.1, -0.05) is 6.07 Å². The molecule has 9 nitrogen and oxygen atoms in total. The molecule has 3 rings (SSSR count). The van der Waals surface area contributed by atoms with Gasteiger partial charge in [-0.25, -0.2) is 0 Å². The van der Waals surface area contributed by atoms with Crippen molar-refractivity contribution in [1.82, 2.24) is 14.5 Å². The number of pyridine rings is 2. The molecule has 1 fully saturated rings. The molecule has 9 heteroatoms. The van der Waals surface area contributed by atoms with E-state index in [1.807, 2.05) is 12.1 Å². The third-order valence-electron chi connectivity index (χ3n) is 5.29. The smallest absolute Gasteiger partial charge is 0.263 e. The highest BCUT2D eigenvalue weighted by atomic mass is 16.2. The number of rotatable bonds is 5. The minimum Gasteiger partial charge on any atom is -0.365 e. The van der Waals surface area contributed by atoms with E-state index in [4.69, 9.17) is 5.73 Å². The molecule has 3 heterocycles. The largest absolute Gasteiger partial charge is 0.365 e. The minimum absolute atomic E-state index is 0.0885. The number of nitrogens with one attached hydrogen (secondary N) is 1. The fraction of sp³-hybridized carbons (Fsp3) is 0.350. The number of anilines is 1. The first-order chi connectivity index (χ1) is 13.7. The second-order valence-electron chi connectivity index (χ2n) is 7.17. The van der Waals surface area contributed by atoms with Gasteiger partial charge >= 0.3 is 0 Å². The molecule has 1 saturated heterocycles. The summed E-state index contributed by atoms with van der Waals surface area (Å²) in [5.74, 6) is -1.86. The van der Waals surface area contributed by atoms with E-state index in [9.17, 15) is 19.2 Å². The molecule has 0 saturated carbocycles. The molecule has 29 heavy (non-hydrogen) atoms. The van der Waals surface area contributed by atoms with Crippen LogP contribution in [0.1, 0.15) is 33.7 Å². The van der Waals surface area contributed by atoms with Crippen molar-refractivity contribution in [1.29, 1.82) is 0 Å². The fourth-order valence-electron chi connectivity index (χ4n) is 3.53. The van der Waals surface area contributed by atoms with E-state index < -0.39 is 17.4 Å². The van der Waals surface area contributed by atoms with Gasteiger partial charge in [0.2, 0.25) is 11.8 Å². The molecule has 1 unspecified atom stereocenters. The van der Waals surface area contributed by atoms with Crippen molar-refractivity contribution in [2.75, 3.05) is 11.9 Å². The van der Waals surface area contributed by atoms with Gasteiger partial charge in [0, 0.05) is 31.9 Å². The second-order valence-corrected chi connectivity index (χ2v) is 7.17. The summed E-state index contributed by atoms with van der Waals surface area (Å²) >= 11 is 0. The number of hydrogen-bond acceptors (Lipinski definition) is 5. The summed E-state index contributed by atoms with van der Waals surface area (Å²) in [4.78, 5) is 55.0. The Bertz CT molecular complexity index is 1050. The van der Waals surface area contributed by atoms with Gasteiger partial charge in [0.25, 0.3) is 11.5 Å². The lowest BCUT2D eigenvalue weighted by atomic mass is 10.0. The lowest BCUT2D eigenvalue weighted by Gasteiger charge is -2.19. The Labute approximate surface area is 167 Å². The van der Waals surface area contributed by atoms with Crippen LogP contribution in [-0.4, -0.2) is 38.7 Å². The molecule has 152 valence electrons. The number of carbonyl (C=O) groups is 3. The van der Waals surface area contributed by atoms with E-state index in [1.165, 1.54) is 11.6 Å². The number of carbonyl (C=O) groups excluding carboxylic acids is 3. The van der Waals surface area contributed by atoms with Gasteiger partial charge in [-0.15, -0.1) is 0 Å². The zero-order valence-electron chi connectivity index (χ0n) is 16.6. The number of likely N-dealkylation sites (tertiary alicyclic amines) is 1. The molecule has 2 aromatic heterocycles. The average Bonchev–Trinajstić information content (AvgIpc) is 3.04. The monoisotopic (exact) mass is 397 g/mol. The SMILES string of the molecule is Cc1c(NC(=O)C2CC(=O)N(Cc3ccccn3)C2)c(C)n(C)c(=O)c1C(N)=O. The number of primary amides is 1. The van der Waals surface area contributed by atoms with E-state index in [0.29, 0.717) is 23.5 Å². The van der Waals surface area contributed by atoms with E-state index in [1.54, 1.807) is 31.0 Å². The Hall–Kier alpha value is -3.49. The van der Waals surface area contributed by atoms with Crippen molar-refractivity contribution in [2.45, 2.75) is 26.8 Å². The molecule has 0 aliphatic carbocycles. The highest BCUT2D eigenvalue weighted by molar-refractivity contribution is 6.01. The molecule has 1 aliphatic heterocycles. The van der Waals surface area contributed by atoms with Crippen LogP contribution in [0.5, 0.6) is 0 Å². The van der Waals surface area contributed by atoms with Gasteiger partial charge in [-0.3, -0.25) is 24.2 Å². The molecule has 3 N–H and O–H groups in total. The molecule has 0 spiro atoms. The topological polar surface area (TPSA) is 127 Å². The summed E-state index contributed by atoms with van der Waals surface area (Å²) in [6.45, 7) is 3.85. The average molecular weight is 397 g/mol. The summed E-state index contributed by atoms with van der Waals surface area (Å²) in [5, 5.41) is 2.79. The van der Waals surface area contributed by atoms with Crippen LogP contribution in [0.25, 0.3) is 0 Å². The predicted octanol–water partition coefficient (Wildman–Crippen LogP) is 0.483. The molecular formula is C20H23N5O4. The van der Waals surface area contributed by atoms with Gasteiger partial charge < -0.3 is 20.5 Å². The third-order valence-corrected chi connectivity index (χ3v) is 5.29. The number of hydrogen-bond donors (Lipinski definition) is 2. The van der Waals surface area contributed by atoms with E-state index >= 15 is 0 Å². The van der Waals surface area contributed by atoms with Crippen LogP contribution in [0.4, 0.5) is 5.69 Å². The molecule has 3 amide bonds. The Morgan fingerprint density at radius 2 is 2.00 bits per heavy atom. The van der Waals surface area contributed by atoms with E-state index in [2.05, 4.69) is 10.3 Å². The van der Waals surface area contributed by atoms with Crippen molar-refractivity contribution in [2.24, 2.45) is 18.7 Å². The second kappa shape index (κ2) is 7.86. The quantitative estimate of drug-likeness (QED) is 0.759. The Morgan fingerprint density at radius 1 is 1.28 bits per heavy atom. The number of nitrogens with two attached hydrogens (primary N) is 1. The summed E-state index contributed by atoms with van der Waals surface area (Å²) in [5.41, 5.74) is 6.60. The van der Waals surface area contributed by atoms with Crippen molar-refractivity contribution in [3.8, 4) is 0 Å². The van der Waals surface area contributed by atoms with E-state index in [-0.39, 0.29) is 30.3 Å². The first-order valence-electron chi connectivity index (χ1n) is 9.19. The van der Waals surface area contributed by atoms with Crippen LogP contribution >= 0.6 is 0 Å².